The molecule has 8 nitrogen and oxygen atoms in total. The Balaban J connectivity index is 1.76. The van der Waals surface area contributed by atoms with Crippen molar-refractivity contribution >= 4 is 23.3 Å². The van der Waals surface area contributed by atoms with Crippen LogP contribution in [0.25, 0.3) is 0 Å². The molecule has 1 aliphatic carbocycles. The summed E-state index contributed by atoms with van der Waals surface area (Å²) >= 11 is 0. The van der Waals surface area contributed by atoms with Gasteiger partial charge in [0.25, 0.3) is 5.91 Å². The van der Waals surface area contributed by atoms with E-state index >= 15 is 0 Å². The van der Waals surface area contributed by atoms with Crippen molar-refractivity contribution in [3.05, 3.63) is 64.7 Å². The highest BCUT2D eigenvalue weighted by Crippen LogP contribution is 2.30. The summed E-state index contributed by atoms with van der Waals surface area (Å²) in [4.78, 5) is 29.3. The van der Waals surface area contributed by atoms with Gasteiger partial charge in [-0.3, -0.25) is 9.59 Å². The number of nitrogens with two attached hydrogens (primary N) is 1. The van der Waals surface area contributed by atoms with Crippen LogP contribution in [0.3, 0.4) is 0 Å². The van der Waals surface area contributed by atoms with Gasteiger partial charge in [0.2, 0.25) is 0 Å². The molecule has 1 saturated carbocycles. The molecule has 0 aromatic heterocycles. The summed E-state index contributed by atoms with van der Waals surface area (Å²) in [5.41, 5.74) is 7.50. The Morgan fingerprint density at radius 1 is 1.05 bits per heavy atom. The second kappa shape index (κ2) is 14.5. The Morgan fingerprint density at radius 3 is 2.41 bits per heavy atom. The van der Waals surface area contributed by atoms with Gasteiger partial charge in [0.15, 0.2) is 6.61 Å². The Kier molecular flexibility index (Phi) is 11.2. The standard InChI is InChI=1S/C28H35F3N4O4/c1-2-38-26(37)17-33-16-22-14-21(10-13-24(22)32)27(20-8-11-23(12-9-20)28(29,30)31)35-39-18-25(36)34-15-19-6-4-3-5-7-19/h8-14,19,33H,2-7,15-18,32H2,1H3,(H,34,36). The lowest BCUT2D eigenvalue weighted by Crippen LogP contribution is -2.32. The van der Waals surface area contributed by atoms with Crippen LogP contribution in [0.15, 0.2) is 47.6 Å². The molecule has 2 aromatic carbocycles. The number of hydrogen-bond donors (Lipinski definition) is 3. The minimum atomic E-state index is -4.48. The number of alkyl halides is 3. The van der Waals surface area contributed by atoms with Crippen LogP contribution in [0.4, 0.5) is 18.9 Å². The molecule has 0 aliphatic heterocycles. The van der Waals surface area contributed by atoms with Crippen LogP contribution in [0.1, 0.15) is 61.3 Å². The molecule has 0 unspecified atom stereocenters. The smallest absolute Gasteiger partial charge is 0.416 e. The van der Waals surface area contributed by atoms with Crippen LogP contribution in [0.5, 0.6) is 0 Å². The molecular formula is C28H35F3N4O4. The van der Waals surface area contributed by atoms with Crippen molar-refractivity contribution in [3.63, 3.8) is 0 Å². The predicted molar refractivity (Wildman–Crippen MR) is 142 cm³/mol. The van der Waals surface area contributed by atoms with E-state index in [1.54, 1.807) is 25.1 Å². The van der Waals surface area contributed by atoms with Crippen molar-refractivity contribution in [1.29, 1.82) is 0 Å². The van der Waals surface area contributed by atoms with E-state index in [1.165, 1.54) is 31.4 Å². The van der Waals surface area contributed by atoms with Crippen molar-refractivity contribution in [2.24, 2.45) is 11.1 Å². The van der Waals surface area contributed by atoms with E-state index < -0.39 is 17.7 Å². The second-order valence-electron chi connectivity index (χ2n) is 9.42. The van der Waals surface area contributed by atoms with Crippen LogP contribution in [0.2, 0.25) is 0 Å². The largest absolute Gasteiger partial charge is 0.465 e. The van der Waals surface area contributed by atoms with Gasteiger partial charge in [0.05, 0.1) is 18.7 Å². The molecule has 1 fully saturated rings. The number of esters is 1. The number of anilines is 1. The first-order valence-corrected chi connectivity index (χ1v) is 13.1. The number of carbonyl (C=O) groups excluding carboxylic acids is 2. The van der Waals surface area contributed by atoms with Crippen LogP contribution in [0, 0.1) is 5.92 Å². The first-order valence-electron chi connectivity index (χ1n) is 13.1. The average Bonchev–Trinajstić information content (AvgIpc) is 2.91. The first-order chi connectivity index (χ1) is 18.7. The van der Waals surface area contributed by atoms with Gasteiger partial charge in [0.1, 0.15) is 5.71 Å². The summed E-state index contributed by atoms with van der Waals surface area (Å²) in [6.45, 7) is 2.45. The van der Waals surface area contributed by atoms with E-state index in [-0.39, 0.29) is 37.9 Å². The normalized spacial score (nSPS) is 14.6. The van der Waals surface area contributed by atoms with Gasteiger partial charge in [-0.25, -0.2) is 0 Å². The number of nitrogens with one attached hydrogen (secondary N) is 2. The number of nitrogen functional groups attached to an aromatic ring is 1. The van der Waals surface area contributed by atoms with Crippen LogP contribution >= 0.6 is 0 Å². The monoisotopic (exact) mass is 548 g/mol. The van der Waals surface area contributed by atoms with Crippen LogP contribution in [-0.4, -0.2) is 43.9 Å². The number of nitrogens with zero attached hydrogens (tertiary/aromatic N) is 1. The summed E-state index contributed by atoms with van der Waals surface area (Å²) in [6, 6.07) is 9.50. The van der Waals surface area contributed by atoms with E-state index in [0.717, 1.165) is 25.0 Å². The molecule has 0 radical (unpaired) electrons. The molecule has 0 heterocycles. The second-order valence-corrected chi connectivity index (χ2v) is 9.42. The Labute approximate surface area is 226 Å². The van der Waals surface area contributed by atoms with Crippen molar-refractivity contribution in [2.45, 2.75) is 51.7 Å². The molecule has 0 saturated heterocycles. The third kappa shape index (κ3) is 9.58. The molecule has 1 aliphatic rings. The Morgan fingerprint density at radius 2 is 1.74 bits per heavy atom. The van der Waals surface area contributed by atoms with E-state index in [2.05, 4.69) is 15.8 Å². The van der Waals surface area contributed by atoms with Gasteiger partial charge >= 0.3 is 12.1 Å². The number of hydrogen-bond acceptors (Lipinski definition) is 7. The van der Waals surface area contributed by atoms with Crippen molar-refractivity contribution in [3.8, 4) is 0 Å². The number of amides is 1. The van der Waals surface area contributed by atoms with Gasteiger partial charge in [0, 0.05) is 29.9 Å². The Hall–Kier alpha value is -3.60. The number of oxime groups is 1. The maximum Gasteiger partial charge on any atom is 0.416 e. The molecule has 0 bridgehead atoms. The first kappa shape index (κ1) is 29.9. The zero-order chi connectivity index (χ0) is 28.3. The van der Waals surface area contributed by atoms with Gasteiger partial charge in [-0.05, 0) is 55.5 Å². The maximum absolute atomic E-state index is 13.1. The quantitative estimate of drug-likeness (QED) is 0.157. The highest BCUT2D eigenvalue weighted by atomic mass is 19.4. The number of ether oxygens (including phenoxy) is 1. The molecule has 0 atom stereocenters. The SMILES string of the molecule is CCOC(=O)CNCc1cc(C(=NOCC(=O)NCC2CCCCC2)c2ccc(C(F)(F)F)cc2)ccc1N. The lowest BCUT2D eigenvalue weighted by atomic mass is 9.89. The molecular weight excluding hydrogens is 513 g/mol. The fraction of sp³-hybridized carbons (Fsp3) is 0.464. The number of carbonyl (C=O) groups is 2. The summed E-state index contributed by atoms with van der Waals surface area (Å²) in [5, 5.41) is 9.95. The number of halogens is 3. The van der Waals surface area contributed by atoms with Crippen LogP contribution in [-0.2, 0) is 31.9 Å². The minimum Gasteiger partial charge on any atom is -0.465 e. The van der Waals surface area contributed by atoms with E-state index in [9.17, 15) is 22.8 Å². The Bertz CT molecular complexity index is 1130. The highest BCUT2D eigenvalue weighted by molar-refractivity contribution is 6.13. The van der Waals surface area contributed by atoms with Crippen molar-refractivity contribution in [1.82, 2.24) is 10.6 Å². The fourth-order valence-corrected chi connectivity index (χ4v) is 4.36. The maximum atomic E-state index is 13.1. The molecule has 1 amide bonds. The molecule has 39 heavy (non-hydrogen) atoms. The highest BCUT2D eigenvalue weighted by Gasteiger charge is 2.30. The summed E-state index contributed by atoms with van der Waals surface area (Å²) in [5.74, 6) is -0.272. The van der Waals surface area contributed by atoms with Gasteiger partial charge in [-0.15, -0.1) is 0 Å². The fourth-order valence-electron chi connectivity index (χ4n) is 4.36. The zero-order valence-electron chi connectivity index (χ0n) is 22.0. The van der Waals surface area contributed by atoms with E-state index in [0.29, 0.717) is 34.8 Å². The lowest BCUT2D eigenvalue weighted by molar-refractivity contribution is -0.142. The lowest BCUT2D eigenvalue weighted by Gasteiger charge is -2.21. The third-order valence-electron chi connectivity index (χ3n) is 6.46. The number of benzene rings is 2. The van der Waals surface area contributed by atoms with Gasteiger partial charge < -0.3 is 25.9 Å². The molecule has 11 heteroatoms. The van der Waals surface area contributed by atoms with Gasteiger partial charge in [-0.1, -0.05) is 42.6 Å². The van der Waals surface area contributed by atoms with Crippen molar-refractivity contribution < 1.29 is 32.3 Å². The molecule has 4 N–H and O–H groups in total. The number of rotatable bonds is 12. The summed E-state index contributed by atoms with van der Waals surface area (Å²) in [7, 11) is 0. The molecule has 2 aromatic rings. The zero-order valence-corrected chi connectivity index (χ0v) is 22.0. The van der Waals surface area contributed by atoms with Crippen molar-refractivity contribution in [2.75, 3.05) is 32.0 Å². The topological polar surface area (TPSA) is 115 Å². The third-order valence-corrected chi connectivity index (χ3v) is 6.46. The molecule has 0 spiro atoms. The average molecular weight is 549 g/mol. The summed E-state index contributed by atoms with van der Waals surface area (Å²) < 4.78 is 44.2. The van der Waals surface area contributed by atoms with Crippen LogP contribution < -0.4 is 16.4 Å². The van der Waals surface area contributed by atoms with E-state index in [1.807, 2.05) is 0 Å². The van der Waals surface area contributed by atoms with Gasteiger partial charge in [-0.2, -0.15) is 13.2 Å². The molecule has 3 rings (SSSR count). The van der Waals surface area contributed by atoms with E-state index in [4.69, 9.17) is 15.3 Å². The minimum absolute atomic E-state index is 0.0174. The molecule has 212 valence electrons. The summed E-state index contributed by atoms with van der Waals surface area (Å²) in [6.07, 6.45) is 1.25. The predicted octanol–water partition coefficient (Wildman–Crippen LogP) is 4.41.